The third-order valence-corrected chi connectivity index (χ3v) is 4.71. The molecule has 3 aromatic rings. The highest BCUT2D eigenvalue weighted by Gasteiger charge is 2.28. The van der Waals surface area contributed by atoms with Crippen molar-refractivity contribution < 1.29 is 28.5 Å². The number of ether oxygens (including phenoxy) is 3. The highest BCUT2D eigenvalue weighted by molar-refractivity contribution is 5.92. The van der Waals surface area contributed by atoms with Gasteiger partial charge in [-0.3, -0.25) is 9.59 Å². The van der Waals surface area contributed by atoms with Crippen molar-refractivity contribution in [3.63, 3.8) is 0 Å². The van der Waals surface area contributed by atoms with Crippen molar-refractivity contribution in [2.75, 3.05) is 21.3 Å². The molecule has 152 valence electrons. The Morgan fingerprint density at radius 1 is 1.10 bits per heavy atom. The average Bonchev–Trinajstić information content (AvgIpc) is 2.74. The maximum absolute atomic E-state index is 12.3. The van der Waals surface area contributed by atoms with E-state index < -0.39 is 23.1 Å². The number of fused-ring (bicyclic) bond motifs is 1. The molecule has 0 aliphatic carbocycles. The van der Waals surface area contributed by atoms with Gasteiger partial charge in [0, 0.05) is 18.6 Å². The first-order chi connectivity index (χ1) is 14.0. The standard InChI is InChI=1S/C22H22O7/c1-26-12-13-10-18(23)21(25)22(29-13)17(11-20(24)28-3)15-8-9-19(27-2)16-7-5-4-6-14(15)16/h4-10,17,25H,11-12H2,1-3H3/t17-/m0/s1. The van der Waals surface area contributed by atoms with Crippen LogP contribution >= 0.6 is 0 Å². The van der Waals surface area contributed by atoms with E-state index in [1.165, 1.54) is 20.3 Å². The fraction of sp³-hybridized carbons (Fsp3) is 0.273. The van der Waals surface area contributed by atoms with Crippen LogP contribution in [-0.4, -0.2) is 32.4 Å². The predicted octanol–water partition coefficient (Wildman–Crippen LogP) is 3.35. The maximum Gasteiger partial charge on any atom is 0.306 e. The zero-order valence-electron chi connectivity index (χ0n) is 16.4. The number of benzene rings is 2. The lowest BCUT2D eigenvalue weighted by Gasteiger charge is -2.20. The lowest BCUT2D eigenvalue weighted by atomic mass is 9.88. The molecule has 0 spiro atoms. The van der Waals surface area contributed by atoms with Gasteiger partial charge >= 0.3 is 5.97 Å². The number of rotatable bonds is 7. The molecule has 0 saturated carbocycles. The van der Waals surface area contributed by atoms with E-state index in [2.05, 4.69) is 0 Å². The van der Waals surface area contributed by atoms with Crippen LogP contribution in [0.15, 0.2) is 51.7 Å². The zero-order chi connectivity index (χ0) is 21.0. The van der Waals surface area contributed by atoms with Gasteiger partial charge in [0.05, 0.1) is 26.6 Å². The molecule has 0 aliphatic heterocycles. The monoisotopic (exact) mass is 398 g/mol. The van der Waals surface area contributed by atoms with E-state index >= 15 is 0 Å². The normalized spacial score (nSPS) is 12.0. The van der Waals surface area contributed by atoms with E-state index in [1.807, 2.05) is 24.3 Å². The minimum Gasteiger partial charge on any atom is -0.502 e. The Hall–Kier alpha value is -3.32. The molecular formula is C22H22O7. The van der Waals surface area contributed by atoms with Crippen LogP contribution in [0.4, 0.5) is 0 Å². The van der Waals surface area contributed by atoms with Crippen molar-refractivity contribution >= 4 is 16.7 Å². The molecule has 0 radical (unpaired) electrons. The van der Waals surface area contributed by atoms with Gasteiger partial charge in [0.25, 0.3) is 0 Å². The first-order valence-corrected chi connectivity index (χ1v) is 8.97. The second-order valence-electron chi connectivity index (χ2n) is 6.46. The Morgan fingerprint density at radius 3 is 2.48 bits per heavy atom. The van der Waals surface area contributed by atoms with Gasteiger partial charge in [0.2, 0.25) is 11.2 Å². The third kappa shape index (κ3) is 4.09. The molecule has 1 aromatic heterocycles. The maximum atomic E-state index is 12.3. The Bertz CT molecular complexity index is 1080. The molecule has 7 nitrogen and oxygen atoms in total. The summed E-state index contributed by atoms with van der Waals surface area (Å²) in [5.41, 5.74) is 0.0887. The van der Waals surface area contributed by atoms with Gasteiger partial charge in [-0.15, -0.1) is 0 Å². The summed E-state index contributed by atoms with van der Waals surface area (Å²) in [5, 5.41) is 12.1. The van der Waals surface area contributed by atoms with Crippen LogP contribution in [0.25, 0.3) is 10.8 Å². The summed E-state index contributed by atoms with van der Waals surface area (Å²) in [6, 6.07) is 12.2. The highest BCUT2D eigenvalue weighted by Crippen LogP contribution is 2.39. The Morgan fingerprint density at radius 2 is 1.83 bits per heavy atom. The third-order valence-electron chi connectivity index (χ3n) is 4.71. The van der Waals surface area contributed by atoms with E-state index in [0.717, 1.165) is 10.8 Å². The largest absolute Gasteiger partial charge is 0.502 e. The topological polar surface area (TPSA) is 95.2 Å². The van der Waals surface area contributed by atoms with Crippen LogP contribution in [0.5, 0.6) is 11.5 Å². The van der Waals surface area contributed by atoms with Crippen LogP contribution in [0.2, 0.25) is 0 Å². The fourth-order valence-electron chi connectivity index (χ4n) is 3.38. The summed E-state index contributed by atoms with van der Waals surface area (Å²) in [5.74, 6) is -0.890. The van der Waals surface area contributed by atoms with Crippen molar-refractivity contribution in [1.82, 2.24) is 0 Å². The minimum atomic E-state index is -0.747. The number of hydrogen-bond donors (Lipinski definition) is 1. The lowest BCUT2D eigenvalue weighted by molar-refractivity contribution is -0.140. The van der Waals surface area contributed by atoms with Gasteiger partial charge in [-0.1, -0.05) is 30.3 Å². The zero-order valence-corrected chi connectivity index (χ0v) is 16.4. The smallest absolute Gasteiger partial charge is 0.306 e. The molecule has 0 fully saturated rings. The quantitative estimate of drug-likeness (QED) is 0.610. The van der Waals surface area contributed by atoms with Crippen LogP contribution in [-0.2, 0) is 20.9 Å². The van der Waals surface area contributed by atoms with Gasteiger partial charge in [-0.05, 0) is 17.0 Å². The molecule has 3 rings (SSSR count). The van der Waals surface area contributed by atoms with E-state index in [0.29, 0.717) is 11.3 Å². The molecule has 0 amide bonds. The summed E-state index contributed by atoms with van der Waals surface area (Å²) in [6.07, 6.45) is -0.125. The number of aromatic hydroxyl groups is 1. The summed E-state index contributed by atoms with van der Waals surface area (Å²) in [6.45, 7) is 0.0524. The van der Waals surface area contributed by atoms with Crippen molar-refractivity contribution in [1.29, 1.82) is 0 Å². The minimum absolute atomic E-state index is 0.00901. The molecule has 7 heteroatoms. The molecule has 1 N–H and O–H groups in total. The Kier molecular flexibility index (Phi) is 6.19. The number of carbonyl (C=O) groups excluding carboxylic acids is 1. The predicted molar refractivity (Wildman–Crippen MR) is 106 cm³/mol. The van der Waals surface area contributed by atoms with Gasteiger partial charge in [-0.2, -0.15) is 0 Å². The van der Waals surface area contributed by atoms with Crippen molar-refractivity contribution in [3.05, 3.63) is 69.8 Å². The van der Waals surface area contributed by atoms with E-state index in [4.69, 9.17) is 18.6 Å². The average molecular weight is 398 g/mol. The first kappa shape index (κ1) is 20.4. The van der Waals surface area contributed by atoms with Crippen molar-refractivity contribution in [3.8, 4) is 11.5 Å². The second kappa shape index (κ2) is 8.79. The van der Waals surface area contributed by atoms with Gasteiger partial charge in [0.1, 0.15) is 18.1 Å². The van der Waals surface area contributed by atoms with E-state index in [1.54, 1.807) is 19.2 Å². The summed E-state index contributed by atoms with van der Waals surface area (Å²) in [4.78, 5) is 24.5. The molecule has 0 aliphatic rings. The molecule has 2 aromatic carbocycles. The van der Waals surface area contributed by atoms with Gasteiger partial charge < -0.3 is 23.7 Å². The second-order valence-corrected chi connectivity index (χ2v) is 6.46. The number of hydrogen-bond acceptors (Lipinski definition) is 7. The molecule has 0 unspecified atom stereocenters. The SMILES string of the molecule is COCc1cc(=O)c(O)c([C@@H](CC(=O)OC)c2ccc(OC)c3ccccc23)o1. The molecule has 1 heterocycles. The van der Waals surface area contributed by atoms with Crippen molar-refractivity contribution in [2.24, 2.45) is 0 Å². The number of carbonyl (C=O) groups is 1. The summed E-state index contributed by atoms with van der Waals surface area (Å²) in [7, 11) is 4.32. The molecule has 0 saturated heterocycles. The van der Waals surface area contributed by atoms with Crippen LogP contribution < -0.4 is 10.2 Å². The lowest BCUT2D eigenvalue weighted by Crippen LogP contribution is -2.14. The summed E-state index contributed by atoms with van der Waals surface area (Å²) >= 11 is 0. The number of esters is 1. The summed E-state index contributed by atoms with van der Waals surface area (Å²) < 4.78 is 21.1. The molecule has 0 bridgehead atoms. The Labute approximate surface area is 167 Å². The van der Waals surface area contributed by atoms with E-state index in [-0.39, 0.29) is 24.5 Å². The number of methoxy groups -OCH3 is 3. The fourth-order valence-corrected chi connectivity index (χ4v) is 3.38. The van der Waals surface area contributed by atoms with Crippen molar-refractivity contribution in [2.45, 2.75) is 18.9 Å². The van der Waals surface area contributed by atoms with Gasteiger partial charge in [-0.25, -0.2) is 0 Å². The van der Waals surface area contributed by atoms with Crippen LogP contribution in [0.1, 0.15) is 29.4 Å². The first-order valence-electron chi connectivity index (χ1n) is 8.97. The molecular weight excluding hydrogens is 376 g/mol. The Balaban J connectivity index is 2.27. The van der Waals surface area contributed by atoms with E-state index in [9.17, 15) is 14.7 Å². The van der Waals surface area contributed by atoms with Gasteiger partial charge in [0.15, 0.2) is 5.76 Å². The molecule has 29 heavy (non-hydrogen) atoms. The molecule has 1 atom stereocenters. The van der Waals surface area contributed by atoms with Crippen LogP contribution in [0, 0.1) is 0 Å². The van der Waals surface area contributed by atoms with Crippen LogP contribution in [0.3, 0.4) is 0 Å². The highest BCUT2D eigenvalue weighted by atomic mass is 16.5.